The molecule has 0 aromatic heterocycles. The molecule has 0 radical (unpaired) electrons. The molecule has 0 fully saturated rings. The van der Waals surface area contributed by atoms with Crippen molar-refractivity contribution in [1.29, 1.82) is 0 Å². The van der Waals surface area contributed by atoms with E-state index in [1.165, 1.54) is 0 Å². The van der Waals surface area contributed by atoms with E-state index >= 15 is 0 Å². The second-order valence-corrected chi connectivity index (χ2v) is 2.62. The fourth-order valence-electron chi connectivity index (χ4n) is 0.974. The molecule has 13 heavy (non-hydrogen) atoms. The first-order chi connectivity index (χ1) is 6.36. The molecule has 1 rings (SSSR count). The summed E-state index contributed by atoms with van der Waals surface area (Å²) in [5, 5.41) is 0. The molecule has 0 bridgehead atoms. The minimum atomic E-state index is 0.580. The maximum atomic E-state index is 5.42. The first-order valence-corrected chi connectivity index (χ1v) is 4.21. The highest BCUT2D eigenvalue weighted by Gasteiger charge is 1.93. The molecule has 2 heteroatoms. The highest BCUT2D eigenvalue weighted by molar-refractivity contribution is 5.49. The molecular weight excluding hydrogens is 164 g/mol. The SMILES string of the molecule is C=Cc1cccc(OCCOC)c1. The van der Waals surface area contributed by atoms with Crippen LogP contribution in [0.25, 0.3) is 6.08 Å². The highest BCUT2D eigenvalue weighted by Crippen LogP contribution is 2.13. The van der Waals surface area contributed by atoms with Gasteiger partial charge in [0.15, 0.2) is 0 Å². The summed E-state index contributed by atoms with van der Waals surface area (Å²) in [6.07, 6.45) is 1.79. The molecule has 0 aliphatic carbocycles. The molecule has 0 spiro atoms. The van der Waals surface area contributed by atoms with Crippen LogP contribution in [0.5, 0.6) is 5.75 Å². The smallest absolute Gasteiger partial charge is 0.120 e. The van der Waals surface area contributed by atoms with Gasteiger partial charge in [-0.25, -0.2) is 0 Å². The lowest BCUT2D eigenvalue weighted by molar-refractivity contribution is 0.146. The maximum absolute atomic E-state index is 5.42. The summed E-state index contributed by atoms with van der Waals surface area (Å²) in [6, 6.07) is 7.79. The van der Waals surface area contributed by atoms with Crippen molar-refractivity contribution in [1.82, 2.24) is 0 Å². The Morgan fingerprint density at radius 3 is 2.92 bits per heavy atom. The molecule has 1 aromatic rings. The van der Waals surface area contributed by atoms with Gasteiger partial charge in [-0.2, -0.15) is 0 Å². The van der Waals surface area contributed by atoms with E-state index in [4.69, 9.17) is 9.47 Å². The average Bonchev–Trinajstić information content (AvgIpc) is 2.19. The molecular formula is C11H14O2. The van der Waals surface area contributed by atoms with Crippen molar-refractivity contribution in [3.8, 4) is 5.75 Å². The molecule has 0 amide bonds. The van der Waals surface area contributed by atoms with Crippen molar-refractivity contribution in [2.45, 2.75) is 0 Å². The van der Waals surface area contributed by atoms with Gasteiger partial charge in [0.25, 0.3) is 0 Å². The molecule has 2 nitrogen and oxygen atoms in total. The average molecular weight is 178 g/mol. The van der Waals surface area contributed by atoms with Crippen LogP contribution in [-0.4, -0.2) is 20.3 Å². The van der Waals surface area contributed by atoms with Crippen molar-refractivity contribution in [2.75, 3.05) is 20.3 Å². The summed E-state index contributed by atoms with van der Waals surface area (Å²) in [5.74, 6) is 0.856. The number of rotatable bonds is 5. The Morgan fingerprint density at radius 2 is 2.23 bits per heavy atom. The lowest BCUT2D eigenvalue weighted by Crippen LogP contribution is -2.03. The Balaban J connectivity index is 2.51. The Bertz CT molecular complexity index is 269. The Labute approximate surface area is 78.8 Å². The molecule has 0 N–H and O–H groups in total. The van der Waals surface area contributed by atoms with Gasteiger partial charge in [-0.15, -0.1) is 0 Å². The van der Waals surface area contributed by atoms with Crippen LogP contribution in [-0.2, 0) is 4.74 Å². The largest absolute Gasteiger partial charge is 0.491 e. The lowest BCUT2D eigenvalue weighted by Gasteiger charge is -2.05. The van der Waals surface area contributed by atoms with Crippen molar-refractivity contribution >= 4 is 6.08 Å². The van der Waals surface area contributed by atoms with E-state index in [2.05, 4.69) is 6.58 Å². The predicted octanol–water partition coefficient (Wildman–Crippen LogP) is 2.35. The van der Waals surface area contributed by atoms with Gasteiger partial charge < -0.3 is 9.47 Å². The van der Waals surface area contributed by atoms with E-state index in [0.717, 1.165) is 11.3 Å². The number of methoxy groups -OCH3 is 1. The predicted molar refractivity (Wildman–Crippen MR) is 53.9 cm³/mol. The second kappa shape index (κ2) is 5.38. The van der Waals surface area contributed by atoms with E-state index in [1.807, 2.05) is 24.3 Å². The fourth-order valence-corrected chi connectivity index (χ4v) is 0.974. The number of hydrogen-bond acceptors (Lipinski definition) is 2. The Morgan fingerprint density at radius 1 is 1.38 bits per heavy atom. The van der Waals surface area contributed by atoms with Crippen LogP contribution < -0.4 is 4.74 Å². The summed E-state index contributed by atoms with van der Waals surface area (Å²) < 4.78 is 10.3. The van der Waals surface area contributed by atoms with Gasteiger partial charge in [-0.3, -0.25) is 0 Å². The molecule has 0 heterocycles. The zero-order valence-corrected chi connectivity index (χ0v) is 7.82. The van der Waals surface area contributed by atoms with E-state index < -0.39 is 0 Å². The van der Waals surface area contributed by atoms with Crippen LogP contribution in [0.3, 0.4) is 0 Å². The molecule has 0 saturated heterocycles. The Kier molecular flexibility index (Phi) is 4.06. The van der Waals surface area contributed by atoms with E-state index in [-0.39, 0.29) is 0 Å². The van der Waals surface area contributed by atoms with Crippen LogP contribution in [0.4, 0.5) is 0 Å². The van der Waals surface area contributed by atoms with Crippen LogP contribution >= 0.6 is 0 Å². The molecule has 0 saturated carbocycles. The summed E-state index contributed by atoms with van der Waals surface area (Å²) in [5.41, 5.74) is 1.06. The molecule has 0 aliphatic heterocycles. The number of ether oxygens (including phenoxy) is 2. The normalized spacial score (nSPS) is 9.62. The van der Waals surface area contributed by atoms with Gasteiger partial charge in [0.1, 0.15) is 12.4 Å². The molecule has 1 aromatic carbocycles. The van der Waals surface area contributed by atoms with Crippen molar-refractivity contribution in [3.05, 3.63) is 36.4 Å². The van der Waals surface area contributed by atoms with E-state index in [1.54, 1.807) is 13.2 Å². The third kappa shape index (κ3) is 3.30. The minimum Gasteiger partial charge on any atom is -0.491 e. The monoisotopic (exact) mass is 178 g/mol. The van der Waals surface area contributed by atoms with Crippen molar-refractivity contribution in [2.24, 2.45) is 0 Å². The van der Waals surface area contributed by atoms with Gasteiger partial charge in [-0.05, 0) is 17.7 Å². The van der Waals surface area contributed by atoms with Gasteiger partial charge in [0.2, 0.25) is 0 Å². The van der Waals surface area contributed by atoms with Crippen LogP contribution in [0.15, 0.2) is 30.8 Å². The topological polar surface area (TPSA) is 18.5 Å². The standard InChI is InChI=1S/C11H14O2/c1-3-10-5-4-6-11(9-10)13-8-7-12-2/h3-6,9H,1,7-8H2,2H3. The third-order valence-corrected chi connectivity index (χ3v) is 1.65. The number of benzene rings is 1. The van der Waals surface area contributed by atoms with Gasteiger partial charge >= 0.3 is 0 Å². The van der Waals surface area contributed by atoms with E-state index in [0.29, 0.717) is 13.2 Å². The fraction of sp³-hybridized carbons (Fsp3) is 0.273. The molecule has 70 valence electrons. The van der Waals surface area contributed by atoms with Crippen LogP contribution in [0.1, 0.15) is 5.56 Å². The second-order valence-electron chi connectivity index (χ2n) is 2.62. The summed E-state index contributed by atoms with van der Waals surface area (Å²) in [6.45, 7) is 4.88. The molecule has 0 unspecified atom stereocenters. The van der Waals surface area contributed by atoms with Gasteiger partial charge in [-0.1, -0.05) is 24.8 Å². The molecule has 0 aliphatic rings. The summed E-state index contributed by atoms with van der Waals surface area (Å²) in [4.78, 5) is 0. The summed E-state index contributed by atoms with van der Waals surface area (Å²) in [7, 11) is 1.66. The van der Waals surface area contributed by atoms with Crippen LogP contribution in [0, 0.1) is 0 Å². The maximum Gasteiger partial charge on any atom is 0.120 e. The molecule has 0 atom stereocenters. The quantitative estimate of drug-likeness (QED) is 0.644. The zero-order chi connectivity index (χ0) is 9.52. The van der Waals surface area contributed by atoms with Crippen molar-refractivity contribution < 1.29 is 9.47 Å². The Hall–Kier alpha value is -1.28. The lowest BCUT2D eigenvalue weighted by atomic mass is 10.2. The number of hydrogen-bond donors (Lipinski definition) is 0. The highest BCUT2D eigenvalue weighted by atomic mass is 16.5. The first kappa shape index (κ1) is 9.81. The summed E-state index contributed by atoms with van der Waals surface area (Å²) >= 11 is 0. The minimum absolute atomic E-state index is 0.580. The third-order valence-electron chi connectivity index (χ3n) is 1.65. The van der Waals surface area contributed by atoms with E-state index in [9.17, 15) is 0 Å². The first-order valence-electron chi connectivity index (χ1n) is 4.21. The van der Waals surface area contributed by atoms with Gasteiger partial charge in [0.05, 0.1) is 6.61 Å². The van der Waals surface area contributed by atoms with Crippen LogP contribution in [0.2, 0.25) is 0 Å². The zero-order valence-electron chi connectivity index (χ0n) is 7.82. The van der Waals surface area contributed by atoms with Gasteiger partial charge in [0, 0.05) is 7.11 Å². The van der Waals surface area contributed by atoms with Crippen molar-refractivity contribution in [3.63, 3.8) is 0 Å².